The van der Waals surface area contributed by atoms with E-state index in [0.717, 1.165) is 5.75 Å². The number of methoxy groups -OCH3 is 1. The number of anilines is 1. The van der Waals surface area contributed by atoms with Crippen LogP contribution in [-0.4, -0.2) is 48.6 Å². The molecule has 1 fully saturated rings. The monoisotopic (exact) mass is 271 g/mol. The van der Waals surface area contributed by atoms with Crippen LogP contribution >= 0.6 is 11.8 Å². The van der Waals surface area contributed by atoms with E-state index in [1.54, 1.807) is 36.0 Å². The van der Waals surface area contributed by atoms with Gasteiger partial charge >= 0.3 is 5.69 Å². The molecule has 7 heteroatoms. The maximum atomic E-state index is 11.9. The SMILES string of the molecule is COC[C@@H]1O[C@@H](n2ccc(N(C)C)nc2=O)CS1. The number of ether oxygens (including phenoxy) is 2. The van der Waals surface area contributed by atoms with Crippen molar-refractivity contribution in [2.45, 2.75) is 11.7 Å². The van der Waals surface area contributed by atoms with E-state index in [4.69, 9.17) is 9.47 Å². The van der Waals surface area contributed by atoms with Crippen LogP contribution < -0.4 is 10.6 Å². The maximum absolute atomic E-state index is 11.9. The second-order valence-electron chi connectivity index (χ2n) is 4.18. The van der Waals surface area contributed by atoms with E-state index in [0.29, 0.717) is 12.4 Å². The summed E-state index contributed by atoms with van der Waals surface area (Å²) < 4.78 is 12.3. The van der Waals surface area contributed by atoms with E-state index in [1.807, 2.05) is 14.1 Å². The fourth-order valence-corrected chi connectivity index (χ4v) is 2.74. The number of thioether (sulfide) groups is 1. The predicted octanol–water partition coefficient (Wildman–Crippen LogP) is 0.544. The van der Waals surface area contributed by atoms with Gasteiger partial charge in [0.15, 0.2) is 0 Å². The third-order valence-electron chi connectivity index (χ3n) is 2.62. The lowest BCUT2D eigenvalue weighted by Gasteiger charge is -2.16. The molecule has 0 saturated carbocycles. The van der Waals surface area contributed by atoms with E-state index in [-0.39, 0.29) is 17.4 Å². The van der Waals surface area contributed by atoms with Crippen molar-refractivity contribution in [1.29, 1.82) is 0 Å². The molecule has 0 aliphatic carbocycles. The fraction of sp³-hybridized carbons (Fsp3) is 0.636. The molecule has 1 aromatic heterocycles. The first kappa shape index (κ1) is 13.4. The van der Waals surface area contributed by atoms with E-state index in [2.05, 4.69) is 4.98 Å². The summed E-state index contributed by atoms with van der Waals surface area (Å²) in [5.41, 5.74) is -0.301. The van der Waals surface area contributed by atoms with Crippen LogP contribution in [-0.2, 0) is 9.47 Å². The fourth-order valence-electron chi connectivity index (χ4n) is 1.68. The topological polar surface area (TPSA) is 56.6 Å². The van der Waals surface area contributed by atoms with Gasteiger partial charge < -0.3 is 14.4 Å². The first-order valence-electron chi connectivity index (χ1n) is 5.64. The van der Waals surface area contributed by atoms with Crippen molar-refractivity contribution in [2.75, 3.05) is 38.5 Å². The molecule has 2 rings (SSSR count). The molecule has 100 valence electrons. The van der Waals surface area contributed by atoms with Crippen molar-refractivity contribution in [3.05, 3.63) is 22.7 Å². The summed E-state index contributed by atoms with van der Waals surface area (Å²) >= 11 is 1.64. The highest BCUT2D eigenvalue weighted by Gasteiger charge is 2.27. The van der Waals surface area contributed by atoms with Crippen LogP contribution in [0.1, 0.15) is 6.23 Å². The van der Waals surface area contributed by atoms with Gasteiger partial charge in [-0.2, -0.15) is 4.98 Å². The van der Waals surface area contributed by atoms with Gasteiger partial charge in [-0.05, 0) is 6.07 Å². The number of hydrogen-bond acceptors (Lipinski definition) is 6. The molecule has 18 heavy (non-hydrogen) atoms. The standard InChI is InChI=1S/C11H17N3O3S/c1-13(2)8-4-5-14(11(15)12-8)9-7-18-10(17-9)6-16-3/h4-5,9-10H,6-7H2,1-3H3/t9-,10-/m1/s1. The molecule has 1 aliphatic heterocycles. The molecule has 0 N–H and O–H groups in total. The normalized spacial score (nSPS) is 23.3. The summed E-state index contributed by atoms with van der Waals surface area (Å²) in [6, 6.07) is 1.80. The van der Waals surface area contributed by atoms with Gasteiger partial charge in [-0.3, -0.25) is 4.57 Å². The summed E-state index contributed by atoms with van der Waals surface area (Å²) in [5, 5.41) is 0. The van der Waals surface area contributed by atoms with Crippen LogP contribution in [0.4, 0.5) is 5.82 Å². The molecular formula is C11H17N3O3S. The molecule has 0 aromatic carbocycles. The molecule has 0 amide bonds. The predicted molar refractivity (Wildman–Crippen MR) is 71.1 cm³/mol. The first-order chi connectivity index (χ1) is 8.61. The van der Waals surface area contributed by atoms with E-state index in [9.17, 15) is 4.79 Å². The summed E-state index contributed by atoms with van der Waals surface area (Å²) in [7, 11) is 5.34. The minimum absolute atomic E-state index is 0.0135. The second-order valence-corrected chi connectivity index (χ2v) is 5.37. The van der Waals surface area contributed by atoms with Gasteiger partial charge in [0.2, 0.25) is 0 Å². The van der Waals surface area contributed by atoms with E-state index < -0.39 is 0 Å². The molecule has 1 aliphatic rings. The van der Waals surface area contributed by atoms with Crippen molar-refractivity contribution >= 4 is 17.6 Å². The Morgan fingerprint density at radius 2 is 2.44 bits per heavy atom. The van der Waals surface area contributed by atoms with Gasteiger partial charge in [0.1, 0.15) is 17.5 Å². The first-order valence-corrected chi connectivity index (χ1v) is 6.69. The lowest BCUT2D eigenvalue weighted by atomic mass is 10.5. The van der Waals surface area contributed by atoms with Gasteiger partial charge in [0, 0.05) is 33.2 Å². The van der Waals surface area contributed by atoms with Crippen LogP contribution in [0.25, 0.3) is 0 Å². The lowest BCUT2D eigenvalue weighted by molar-refractivity contribution is -0.0152. The van der Waals surface area contributed by atoms with Crippen molar-refractivity contribution in [2.24, 2.45) is 0 Å². The number of aromatic nitrogens is 2. The average molecular weight is 271 g/mol. The Labute approximate surface area is 110 Å². The van der Waals surface area contributed by atoms with Crippen LogP contribution in [0.5, 0.6) is 0 Å². The smallest absolute Gasteiger partial charge is 0.351 e. The zero-order valence-electron chi connectivity index (χ0n) is 10.7. The quantitative estimate of drug-likeness (QED) is 0.797. The molecule has 2 heterocycles. The lowest BCUT2D eigenvalue weighted by Crippen LogP contribution is -2.30. The second kappa shape index (κ2) is 5.73. The van der Waals surface area contributed by atoms with Gasteiger partial charge in [0.25, 0.3) is 0 Å². The van der Waals surface area contributed by atoms with Crippen molar-refractivity contribution in [3.63, 3.8) is 0 Å². The van der Waals surface area contributed by atoms with Crippen LogP contribution in [0.15, 0.2) is 17.1 Å². The van der Waals surface area contributed by atoms with E-state index >= 15 is 0 Å². The van der Waals surface area contributed by atoms with Crippen LogP contribution in [0.3, 0.4) is 0 Å². The maximum Gasteiger partial charge on any atom is 0.351 e. The number of hydrogen-bond donors (Lipinski definition) is 0. The largest absolute Gasteiger partial charge is 0.381 e. The zero-order valence-corrected chi connectivity index (χ0v) is 11.5. The zero-order chi connectivity index (χ0) is 13.1. The van der Waals surface area contributed by atoms with Crippen molar-refractivity contribution < 1.29 is 9.47 Å². The molecular weight excluding hydrogens is 254 g/mol. The highest BCUT2D eigenvalue weighted by molar-refractivity contribution is 8.00. The van der Waals surface area contributed by atoms with Crippen molar-refractivity contribution in [1.82, 2.24) is 9.55 Å². The van der Waals surface area contributed by atoms with Gasteiger partial charge in [-0.25, -0.2) is 4.79 Å². The summed E-state index contributed by atoms with van der Waals surface area (Å²) in [5.74, 6) is 1.38. The molecule has 2 atom stereocenters. The summed E-state index contributed by atoms with van der Waals surface area (Å²) in [6.45, 7) is 0.527. The van der Waals surface area contributed by atoms with Crippen LogP contribution in [0, 0.1) is 0 Å². The Kier molecular flexibility index (Phi) is 4.26. The average Bonchev–Trinajstić information content (AvgIpc) is 2.77. The van der Waals surface area contributed by atoms with Crippen LogP contribution in [0.2, 0.25) is 0 Å². The molecule has 0 radical (unpaired) electrons. The highest BCUT2D eigenvalue weighted by atomic mass is 32.2. The Hall–Kier alpha value is -1.05. The third-order valence-corrected chi connectivity index (χ3v) is 3.72. The Bertz CT molecular complexity index is 463. The van der Waals surface area contributed by atoms with Gasteiger partial charge in [0.05, 0.1) is 6.61 Å². The molecule has 0 bridgehead atoms. The Morgan fingerprint density at radius 1 is 1.67 bits per heavy atom. The Morgan fingerprint density at radius 3 is 3.06 bits per heavy atom. The molecule has 0 spiro atoms. The molecule has 1 saturated heterocycles. The number of rotatable bonds is 4. The molecule has 1 aromatic rings. The minimum Gasteiger partial charge on any atom is -0.381 e. The van der Waals surface area contributed by atoms with E-state index in [1.165, 1.54) is 4.57 Å². The molecule has 6 nitrogen and oxygen atoms in total. The molecule has 0 unspecified atom stereocenters. The summed E-state index contributed by atoms with van der Waals surface area (Å²) in [4.78, 5) is 17.7. The Balaban J connectivity index is 2.13. The minimum atomic E-state index is -0.287. The van der Waals surface area contributed by atoms with Crippen molar-refractivity contribution in [3.8, 4) is 0 Å². The third kappa shape index (κ3) is 2.85. The highest BCUT2D eigenvalue weighted by Crippen LogP contribution is 2.30. The van der Waals surface area contributed by atoms with Gasteiger partial charge in [-0.1, -0.05) is 0 Å². The summed E-state index contributed by atoms with van der Waals surface area (Å²) in [6.07, 6.45) is 1.47. The van der Waals surface area contributed by atoms with Gasteiger partial charge in [-0.15, -0.1) is 11.8 Å². The number of nitrogens with zero attached hydrogens (tertiary/aromatic N) is 3.